The van der Waals surface area contributed by atoms with E-state index < -0.39 is 60.6 Å². The second-order valence-corrected chi connectivity index (χ2v) is 8.39. The number of nitrogens with one attached hydrogen (secondary N) is 1. The van der Waals surface area contributed by atoms with Crippen molar-refractivity contribution in [1.82, 2.24) is 4.90 Å². The summed E-state index contributed by atoms with van der Waals surface area (Å²) in [5, 5.41) is 2.44. The van der Waals surface area contributed by atoms with Crippen LogP contribution in [0.2, 0.25) is 0 Å². The molecule has 0 unspecified atom stereocenters. The van der Waals surface area contributed by atoms with E-state index >= 15 is 0 Å². The SMILES string of the molecule is COC(=O)c1sc(NC(=O)COC(=O)CN2C(=O)[C@H]3CC=CC[C@@H]3C2=O)c(C(=O)OC)c1C. The monoisotopic (exact) mass is 478 g/mol. The second kappa shape index (κ2) is 9.94. The van der Waals surface area contributed by atoms with Crippen molar-refractivity contribution in [3.05, 3.63) is 28.2 Å². The lowest BCUT2D eigenvalue weighted by Gasteiger charge is -2.14. The lowest BCUT2D eigenvalue weighted by atomic mass is 9.85. The first-order valence-corrected chi connectivity index (χ1v) is 10.8. The smallest absolute Gasteiger partial charge is 0.348 e. The standard InChI is InChI=1S/C21H22N2O9S/c1-10-15(20(28)30-2)17(33-16(10)21(29)31-3)22-13(24)9-32-14(25)8-23-18(26)11-6-4-5-7-12(11)19(23)27/h4-5,11-12H,6-9H2,1-3H3,(H,22,24)/t11-,12-/m0/s1. The van der Waals surface area contributed by atoms with Gasteiger partial charge in [0.15, 0.2) is 6.61 Å². The minimum Gasteiger partial charge on any atom is -0.465 e. The molecule has 3 rings (SSSR count). The maximum absolute atomic E-state index is 12.4. The van der Waals surface area contributed by atoms with Crippen LogP contribution in [0.25, 0.3) is 0 Å². The summed E-state index contributed by atoms with van der Waals surface area (Å²) < 4.78 is 14.3. The number of hydrogen-bond donors (Lipinski definition) is 1. The Balaban J connectivity index is 1.61. The lowest BCUT2D eigenvalue weighted by Crippen LogP contribution is -2.37. The number of thiophene rings is 1. The molecule has 1 aliphatic carbocycles. The maximum Gasteiger partial charge on any atom is 0.348 e. The van der Waals surface area contributed by atoms with E-state index in [0.717, 1.165) is 23.3 Å². The predicted octanol–water partition coefficient (Wildman–Crippen LogP) is 1.06. The number of fused-ring (bicyclic) bond motifs is 1. The van der Waals surface area contributed by atoms with Crippen LogP contribution in [0.3, 0.4) is 0 Å². The van der Waals surface area contributed by atoms with Crippen LogP contribution in [0.4, 0.5) is 5.00 Å². The summed E-state index contributed by atoms with van der Waals surface area (Å²) in [6.07, 6.45) is 4.55. The number of likely N-dealkylation sites (tertiary alicyclic amines) is 1. The molecule has 176 valence electrons. The van der Waals surface area contributed by atoms with Gasteiger partial charge in [-0.05, 0) is 25.3 Å². The first kappa shape index (κ1) is 24.1. The molecule has 1 aromatic heterocycles. The fourth-order valence-corrected chi connectivity index (χ4v) is 4.87. The second-order valence-electron chi connectivity index (χ2n) is 7.37. The van der Waals surface area contributed by atoms with Gasteiger partial charge < -0.3 is 19.5 Å². The van der Waals surface area contributed by atoms with Crippen molar-refractivity contribution >= 4 is 52.0 Å². The topological polar surface area (TPSA) is 145 Å². The summed E-state index contributed by atoms with van der Waals surface area (Å²) in [5.74, 6) is -4.97. The van der Waals surface area contributed by atoms with Crippen LogP contribution < -0.4 is 5.32 Å². The van der Waals surface area contributed by atoms with Gasteiger partial charge in [0, 0.05) is 0 Å². The zero-order chi connectivity index (χ0) is 24.3. The average Bonchev–Trinajstić information content (AvgIpc) is 3.25. The van der Waals surface area contributed by atoms with Crippen LogP contribution in [-0.4, -0.2) is 67.9 Å². The van der Waals surface area contributed by atoms with Crippen LogP contribution in [0.1, 0.15) is 38.4 Å². The third kappa shape index (κ3) is 4.80. The van der Waals surface area contributed by atoms with Crippen molar-refractivity contribution in [2.75, 3.05) is 32.7 Å². The molecule has 1 N–H and O–H groups in total. The highest BCUT2D eigenvalue weighted by Crippen LogP contribution is 2.35. The third-order valence-electron chi connectivity index (χ3n) is 5.41. The van der Waals surface area contributed by atoms with Crippen molar-refractivity contribution < 1.29 is 43.0 Å². The number of hydrogen-bond acceptors (Lipinski definition) is 10. The molecule has 0 aromatic carbocycles. The predicted molar refractivity (Wildman–Crippen MR) is 113 cm³/mol. The summed E-state index contributed by atoms with van der Waals surface area (Å²) in [4.78, 5) is 74.3. The van der Waals surface area contributed by atoms with Gasteiger partial charge in [-0.15, -0.1) is 11.3 Å². The van der Waals surface area contributed by atoms with Crippen molar-refractivity contribution in [3.63, 3.8) is 0 Å². The Hall–Kier alpha value is -3.54. The van der Waals surface area contributed by atoms with Crippen molar-refractivity contribution in [3.8, 4) is 0 Å². The molecule has 0 spiro atoms. The largest absolute Gasteiger partial charge is 0.465 e. The van der Waals surface area contributed by atoms with Gasteiger partial charge in [0.25, 0.3) is 5.91 Å². The van der Waals surface area contributed by atoms with Crippen LogP contribution in [0.15, 0.2) is 12.2 Å². The Morgan fingerprint density at radius 3 is 2.15 bits per heavy atom. The van der Waals surface area contributed by atoms with Crippen LogP contribution >= 0.6 is 11.3 Å². The zero-order valence-electron chi connectivity index (χ0n) is 18.2. The van der Waals surface area contributed by atoms with E-state index in [1.54, 1.807) is 0 Å². The van der Waals surface area contributed by atoms with Gasteiger partial charge in [0.2, 0.25) is 11.8 Å². The van der Waals surface area contributed by atoms with E-state index in [-0.39, 0.29) is 21.0 Å². The van der Waals surface area contributed by atoms with E-state index in [9.17, 15) is 28.8 Å². The summed E-state index contributed by atoms with van der Waals surface area (Å²) >= 11 is 0.812. The summed E-state index contributed by atoms with van der Waals surface area (Å²) in [6.45, 7) is 0.187. The highest BCUT2D eigenvalue weighted by Gasteiger charge is 2.47. The van der Waals surface area contributed by atoms with Gasteiger partial charge in [-0.1, -0.05) is 12.2 Å². The Labute approximate surface area is 192 Å². The Kier molecular flexibility index (Phi) is 7.26. The third-order valence-corrected chi connectivity index (χ3v) is 6.60. The molecule has 1 fully saturated rings. The number of amides is 3. The number of nitrogens with zero attached hydrogens (tertiary/aromatic N) is 1. The number of anilines is 1. The number of carbonyl (C=O) groups excluding carboxylic acids is 6. The Morgan fingerprint density at radius 2 is 1.61 bits per heavy atom. The summed E-state index contributed by atoms with van der Waals surface area (Å²) in [7, 11) is 2.33. The molecule has 33 heavy (non-hydrogen) atoms. The van der Waals surface area contributed by atoms with Gasteiger partial charge in [-0.25, -0.2) is 9.59 Å². The molecule has 2 aliphatic rings. The molecular weight excluding hydrogens is 456 g/mol. The van der Waals surface area contributed by atoms with Gasteiger partial charge in [0.05, 0.1) is 31.6 Å². The molecule has 11 nitrogen and oxygen atoms in total. The molecule has 12 heteroatoms. The Bertz CT molecular complexity index is 1030. The van der Waals surface area contributed by atoms with E-state index in [1.807, 2.05) is 12.2 Å². The number of imide groups is 1. The molecule has 3 amide bonds. The number of allylic oxidation sites excluding steroid dienone is 2. The average molecular weight is 478 g/mol. The van der Waals surface area contributed by atoms with Gasteiger partial charge in [-0.2, -0.15) is 0 Å². The fraction of sp³-hybridized carbons (Fsp3) is 0.429. The molecule has 1 aliphatic heterocycles. The van der Waals surface area contributed by atoms with Crippen molar-refractivity contribution in [2.24, 2.45) is 11.8 Å². The number of carbonyl (C=O) groups is 6. The molecule has 0 bridgehead atoms. The van der Waals surface area contributed by atoms with Crippen LogP contribution in [-0.2, 0) is 33.4 Å². The van der Waals surface area contributed by atoms with E-state index in [4.69, 9.17) is 9.47 Å². The minimum absolute atomic E-state index is 0.0212. The van der Waals surface area contributed by atoms with Crippen molar-refractivity contribution in [2.45, 2.75) is 19.8 Å². The van der Waals surface area contributed by atoms with Crippen LogP contribution in [0, 0.1) is 18.8 Å². The van der Waals surface area contributed by atoms with Crippen molar-refractivity contribution in [1.29, 1.82) is 0 Å². The fourth-order valence-electron chi connectivity index (χ4n) is 3.75. The summed E-state index contributed by atoms with van der Waals surface area (Å²) in [5.41, 5.74) is 0.250. The number of esters is 3. The molecule has 0 saturated carbocycles. The highest BCUT2D eigenvalue weighted by atomic mass is 32.1. The molecule has 1 saturated heterocycles. The number of methoxy groups -OCH3 is 2. The van der Waals surface area contributed by atoms with Gasteiger partial charge in [-0.3, -0.25) is 24.1 Å². The Morgan fingerprint density at radius 1 is 1.03 bits per heavy atom. The highest BCUT2D eigenvalue weighted by molar-refractivity contribution is 7.18. The normalized spacial score (nSPS) is 19.2. The first-order chi connectivity index (χ1) is 15.7. The first-order valence-electron chi connectivity index (χ1n) is 9.95. The van der Waals surface area contributed by atoms with E-state index in [1.165, 1.54) is 14.0 Å². The van der Waals surface area contributed by atoms with Gasteiger partial charge in [0.1, 0.15) is 16.4 Å². The number of rotatable bonds is 7. The molecule has 0 radical (unpaired) electrons. The molecule has 2 heterocycles. The molecular formula is C21H22N2O9S. The lowest BCUT2D eigenvalue weighted by molar-refractivity contribution is -0.154. The zero-order valence-corrected chi connectivity index (χ0v) is 19.0. The quantitative estimate of drug-likeness (QED) is 0.263. The van der Waals surface area contributed by atoms with Crippen LogP contribution in [0.5, 0.6) is 0 Å². The molecule has 1 aromatic rings. The maximum atomic E-state index is 12.4. The number of ether oxygens (including phenoxy) is 3. The van der Waals surface area contributed by atoms with E-state index in [0.29, 0.717) is 12.8 Å². The van der Waals surface area contributed by atoms with E-state index in [2.05, 4.69) is 10.1 Å². The minimum atomic E-state index is -0.927. The molecule has 2 atom stereocenters. The summed E-state index contributed by atoms with van der Waals surface area (Å²) in [6, 6.07) is 0. The van der Waals surface area contributed by atoms with Gasteiger partial charge >= 0.3 is 17.9 Å².